The molecule has 0 N–H and O–H groups in total. The lowest BCUT2D eigenvalue weighted by atomic mass is 9.90. The summed E-state index contributed by atoms with van der Waals surface area (Å²) in [5.41, 5.74) is -3.93. The third-order valence-corrected chi connectivity index (χ3v) is 2.21. The molecule has 1 nitrogen and oxygen atoms in total. The first-order valence-corrected chi connectivity index (χ1v) is 4.94. The molecule has 0 saturated carbocycles. The fourth-order valence-electron chi connectivity index (χ4n) is 1.53. The second-order valence-electron chi connectivity index (χ2n) is 4.11. The monoisotopic (exact) mass is 235 g/mol. The molecule has 0 spiro atoms. The van der Waals surface area contributed by atoms with Gasteiger partial charge in [-0.2, -0.15) is 13.2 Å². The van der Waals surface area contributed by atoms with Crippen LogP contribution in [0.5, 0.6) is 0 Å². The number of rotatable bonds is 3. The molecular weight excluding hydrogens is 222 g/mol. The van der Waals surface area contributed by atoms with E-state index in [1.165, 1.54) is 12.1 Å². The summed E-state index contributed by atoms with van der Waals surface area (Å²) in [5, 5.41) is 0. The summed E-state index contributed by atoms with van der Waals surface area (Å²) < 4.78 is 52.3. The van der Waals surface area contributed by atoms with Gasteiger partial charge in [-0.3, -0.25) is 4.98 Å². The van der Waals surface area contributed by atoms with E-state index in [0.29, 0.717) is 0 Å². The summed E-state index contributed by atoms with van der Waals surface area (Å²) in [4.78, 5) is 3.48. The number of halogens is 4. The molecule has 0 aromatic carbocycles. The van der Waals surface area contributed by atoms with Crippen molar-refractivity contribution in [2.24, 2.45) is 5.92 Å². The highest BCUT2D eigenvalue weighted by molar-refractivity contribution is 5.16. The lowest BCUT2D eigenvalue weighted by molar-refractivity contribution is -0.242. The molecule has 0 aliphatic heterocycles. The van der Waals surface area contributed by atoms with Crippen LogP contribution in [0.3, 0.4) is 0 Å². The summed E-state index contributed by atoms with van der Waals surface area (Å²) in [5.74, 6) is -0.409. The second kappa shape index (κ2) is 4.39. The van der Waals surface area contributed by atoms with Crippen LogP contribution in [0.25, 0.3) is 0 Å². The molecule has 16 heavy (non-hydrogen) atoms. The zero-order valence-corrected chi connectivity index (χ0v) is 9.05. The third kappa shape index (κ3) is 2.51. The first-order chi connectivity index (χ1) is 7.27. The van der Waals surface area contributed by atoms with Crippen molar-refractivity contribution in [3.63, 3.8) is 0 Å². The van der Waals surface area contributed by atoms with Crippen molar-refractivity contribution in [3.8, 4) is 0 Å². The summed E-state index contributed by atoms with van der Waals surface area (Å²) in [6.45, 7) is 3.09. The van der Waals surface area contributed by atoms with Gasteiger partial charge in [-0.05, 0) is 24.5 Å². The number of pyridine rings is 1. The minimum atomic E-state index is -4.94. The Morgan fingerprint density at radius 2 is 1.81 bits per heavy atom. The van der Waals surface area contributed by atoms with Gasteiger partial charge >= 0.3 is 6.18 Å². The molecule has 0 aliphatic rings. The van der Waals surface area contributed by atoms with Crippen molar-refractivity contribution in [2.45, 2.75) is 32.1 Å². The van der Waals surface area contributed by atoms with E-state index < -0.39 is 29.9 Å². The Balaban J connectivity index is 3.16. The second-order valence-corrected chi connectivity index (χ2v) is 4.11. The fourth-order valence-corrected chi connectivity index (χ4v) is 1.53. The van der Waals surface area contributed by atoms with E-state index in [-0.39, 0.29) is 0 Å². The van der Waals surface area contributed by atoms with Crippen LogP contribution in [0.4, 0.5) is 17.6 Å². The zero-order chi connectivity index (χ0) is 12.4. The molecule has 0 radical (unpaired) electrons. The van der Waals surface area contributed by atoms with Gasteiger partial charge in [0.05, 0.1) is 5.69 Å². The summed E-state index contributed by atoms with van der Waals surface area (Å²) in [6.07, 6.45) is -4.39. The van der Waals surface area contributed by atoms with Crippen molar-refractivity contribution in [2.75, 3.05) is 0 Å². The molecular formula is C11H13F4N. The normalized spacial score (nSPS) is 16.2. The van der Waals surface area contributed by atoms with Crippen LogP contribution < -0.4 is 0 Å². The van der Waals surface area contributed by atoms with Crippen molar-refractivity contribution in [1.82, 2.24) is 4.98 Å². The Morgan fingerprint density at radius 1 is 1.19 bits per heavy atom. The van der Waals surface area contributed by atoms with Gasteiger partial charge in [0.25, 0.3) is 0 Å². The van der Waals surface area contributed by atoms with Crippen LogP contribution >= 0.6 is 0 Å². The fraction of sp³-hybridized carbons (Fsp3) is 0.545. The van der Waals surface area contributed by atoms with Crippen molar-refractivity contribution in [3.05, 3.63) is 30.1 Å². The molecule has 1 heterocycles. The van der Waals surface area contributed by atoms with E-state index in [1.807, 2.05) is 0 Å². The predicted octanol–water partition coefficient (Wildman–Crippen LogP) is 3.85. The maximum atomic E-state index is 14.1. The Morgan fingerprint density at radius 3 is 2.19 bits per heavy atom. The molecule has 1 aromatic rings. The Labute approximate surface area is 91.5 Å². The molecule has 0 aliphatic carbocycles. The van der Waals surface area contributed by atoms with Crippen molar-refractivity contribution >= 4 is 0 Å². The number of nitrogens with zero attached hydrogens (tertiary/aromatic N) is 1. The molecule has 1 unspecified atom stereocenters. The maximum absolute atomic E-state index is 14.1. The van der Waals surface area contributed by atoms with Crippen LogP contribution in [0, 0.1) is 5.92 Å². The van der Waals surface area contributed by atoms with E-state index in [9.17, 15) is 17.6 Å². The molecule has 1 rings (SSSR count). The predicted molar refractivity (Wildman–Crippen MR) is 52.5 cm³/mol. The Bertz CT molecular complexity index is 334. The molecule has 0 amide bonds. The van der Waals surface area contributed by atoms with Gasteiger partial charge in [0, 0.05) is 6.20 Å². The van der Waals surface area contributed by atoms with Gasteiger partial charge in [-0.25, -0.2) is 4.39 Å². The van der Waals surface area contributed by atoms with E-state index in [2.05, 4.69) is 4.98 Å². The van der Waals surface area contributed by atoms with Crippen LogP contribution in [0.1, 0.15) is 26.0 Å². The minimum Gasteiger partial charge on any atom is -0.258 e. The van der Waals surface area contributed by atoms with Gasteiger partial charge in [-0.1, -0.05) is 19.9 Å². The van der Waals surface area contributed by atoms with Crippen LogP contribution in [-0.2, 0) is 5.67 Å². The molecule has 0 bridgehead atoms. The zero-order valence-electron chi connectivity index (χ0n) is 9.05. The van der Waals surface area contributed by atoms with E-state index >= 15 is 0 Å². The average Bonchev–Trinajstić information content (AvgIpc) is 2.16. The third-order valence-electron chi connectivity index (χ3n) is 2.21. The molecule has 0 fully saturated rings. The number of aromatic nitrogens is 1. The highest BCUT2D eigenvalue weighted by Crippen LogP contribution is 2.45. The SMILES string of the molecule is CC(C)CC(F)(c1ccccn1)C(F)(F)F. The van der Waals surface area contributed by atoms with E-state index in [1.54, 1.807) is 13.8 Å². The first kappa shape index (κ1) is 12.9. The topological polar surface area (TPSA) is 12.9 Å². The standard InChI is InChI=1S/C11H13F4N/c1-8(2)7-10(12,11(13,14)15)9-5-3-4-6-16-9/h3-6,8H,7H2,1-2H3. The summed E-state index contributed by atoms with van der Waals surface area (Å²) in [6, 6.07) is 3.87. The Hall–Kier alpha value is -1.13. The van der Waals surface area contributed by atoms with E-state index in [0.717, 1.165) is 12.3 Å². The molecule has 1 atom stereocenters. The highest BCUT2D eigenvalue weighted by Gasteiger charge is 2.58. The lowest BCUT2D eigenvalue weighted by Gasteiger charge is -2.28. The number of hydrogen-bond acceptors (Lipinski definition) is 1. The minimum absolute atomic E-state index is 0.409. The van der Waals surface area contributed by atoms with Crippen LogP contribution in [0.15, 0.2) is 24.4 Å². The van der Waals surface area contributed by atoms with Crippen molar-refractivity contribution in [1.29, 1.82) is 0 Å². The van der Waals surface area contributed by atoms with Gasteiger partial charge in [0.1, 0.15) is 0 Å². The highest BCUT2D eigenvalue weighted by atomic mass is 19.4. The largest absolute Gasteiger partial charge is 0.428 e. The van der Waals surface area contributed by atoms with Gasteiger partial charge < -0.3 is 0 Å². The van der Waals surface area contributed by atoms with Gasteiger partial charge in [0.15, 0.2) is 0 Å². The summed E-state index contributed by atoms with van der Waals surface area (Å²) in [7, 11) is 0. The van der Waals surface area contributed by atoms with Gasteiger partial charge in [-0.15, -0.1) is 0 Å². The first-order valence-electron chi connectivity index (χ1n) is 4.94. The van der Waals surface area contributed by atoms with E-state index in [4.69, 9.17) is 0 Å². The lowest BCUT2D eigenvalue weighted by Crippen LogP contribution is -2.40. The van der Waals surface area contributed by atoms with Crippen LogP contribution in [-0.4, -0.2) is 11.2 Å². The number of hydrogen-bond donors (Lipinski definition) is 0. The molecule has 90 valence electrons. The smallest absolute Gasteiger partial charge is 0.258 e. The quantitative estimate of drug-likeness (QED) is 0.725. The maximum Gasteiger partial charge on any atom is 0.428 e. The van der Waals surface area contributed by atoms with Crippen molar-refractivity contribution < 1.29 is 17.6 Å². The molecule has 1 aromatic heterocycles. The molecule has 0 saturated heterocycles. The summed E-state index contributed by atoms with van der Waals surface area (Å²) >= 11 is 0. The Kier molecular flexibility index (Phi) is 3.55. The molecule has 5 heteroatoms. The number of alkyl halides is 4. The van der Waals surface area contributed by atoms with Gasteiger partial charge in [0.2, 0.25) is 5.67 Å². The van der Waals surface area contributed by atoms with Crippen LogP contribution in [0.2, 0.25) is 0 Å². The average molecular weight is 235 g/mol.